The van der Waals surface area contributed by atoms with Crippen molar-refractivity contribution in [1.82, 2.24) is 4.98 Å². The minimum absolute atomic E-state index is 0.283. The molecule has 5 heteroatoms. The van der Waals surface area contributed by atoms with Gasteiger partial charge in [-0.2, -0.15) is 5.26 Å². The molecule has 0 aliphatic carbocycles. The van der Waals surface area contributed by atoms with E-state index < -0.39 is 0 Å². The zero-order valence-electron chi connectivity index (χ0n) is 13.9. The van der Waals surface area contributed by atoms with Crippen molar-refractivity contribution in [3.63, 3.8) is 0 Å². The molecule has 0 bridgehead atoms. The monoisotopic (exact) mass is 349 g/mol. The van der Waals surface area contributed by atoms with Gasteiger partial charge in [-0.15, -0.1) is 11.3 Å². The van der Waals surface area contributed by atoms with Gasteiger partial charge in [-0.1, -0.05) is 12.1 Å². The van der Waals surface area contributed by atoms with Gasteiger partial charge in [0.05, 0.1) is 5.69 Å². The lowest BCUT2D eigenvalue weighted by atomic mass is 10.1. The second kappa shape index (κ2) is 7.29. The van der Waals surface area contributed by atoms with E-state index in [0.29, 0.717) is 10.6 Å². The van der Waals surface area contributed by atoms with E-state index in [-0.39, 0.29) is 5.82 Å². The molecule has 3 aromatic rings. The van der Waals surface area contributed by atoms with E-state index in [2.05, 4.69) is 16.4 Å². The number of benzene rings is 2. The van der Waals surface area contributed by atoms with Gasteiger partial charge in [0.25, 0.3) is 0 Å². The summed E-state index contributed by atoms with van der Waals surface area (Å²) in [7, 11) is 0. The molecule has 0 radical (unpaired) electrons. The molecule has 1 aromatic heterocycles. The van der Waals surface area contributed by atoms with Gasteiger partial charge in [-0.05, 0) is 55.3 Å². The van der Waals surface area contributed by atoms with E-state index in [1.54, 1.807) is 18.3 Å². The van der Waals surface area contributed by atoms with Gasteiger partial charge in [0.1, 0.15) is 22.5 Å². The number of nitriles is 1. The number of thiazole rings is 1. The Labute approximate surface area is 150 Å². The van der Waals surface area contributed by atoms with E-state index in [0.717, 1.165) is 22.5 Å². The number of aryl methyl sites for hydroxylation is 1. The van der Waals surface area contributed by atoms with Gasteiger partial charge < -0.3 is 5.32 Å². The van der Waals surface area contributed by atoms with Crippen molar-refractivity contribution in [1.29, 1.82) is 5.26 Å². The lowest BCUT2D eigenvalue weighted by Gasteiger charge is -2.08. The second-order valence-electron chi connectivity index (χ2n) is 5.61. The summed E-state index contributed by atoms with van der Waals surface area (Å²) in [6.45, 7) is 4.08. The highest BCUT2D eigenvalue weighted by atomic mass is 32.1. The second-order valence-corrected chi connectivity index (χ2v) is 6.46. The average Bonchev–Trinajstić information content (AvgIpc) is 3.09. The molecular weight excluding hydrogens is 333 g/mol. The van der Waals surface area contributed by atoms with E-state index in [9.17, 15) is 9.65 Å². The number of anilines is 1. The maximum Gasteiger partial charge on any atom is 0.136 e. The van der Waals surface area contributed by atoms with Crippen molar-refractivity contribution in [2.24, 2.45) is 0 Å². The molecule has 0 atom stereocenters. The number of nitrogens with zero attached hydrogens (tertiary/aromatic N) is 2. The number of halogens is 1. The summed E-state index contributed by atoms with van der Waals surface area (Å²) in [5, 5.41) is 15.1. The third-order valence-corrected chi connectivity index (χ3v) is 4.85. The van der Waals surface area contributed by atoms with E-state index >= 15 is 0 Å². The maximum absolute atomic E-state index is 13.0. The highest BCUT2D eigenvalue weighted by Gasteiger charge is 2.09. The molecular formula is C20H16FN3S. The molecule has 0 fully saturated rings. The summed E-state index contributed by atoms with van der Waals surface area (Å²) in [6.07, 6.45) is 1.68. The Balaban J connectivity index is 1.85. The SMILES string of the molecule is Cc1cccc(N/C=C(\C#N)c2nc(-c3ccc(F)cc3)cs2)c1C. The van der Waals surface area contributed by atoms with Crippen LogP contribution in [-0.2, 0) is 0 Å². The molecule has 0 saturated heterocycles. The molecule has 0 aliphatic rings. The zero-order chi connectivity index (χ0) is 17.8. The quantitative estimate of drug-likeness (QED) is 0.629. The van der Waals surface area contributed by atoms with Crippen molar-refractivity contribution in [3.8, 4) is 17.3 Å². The van der Waals surface area contributed by atoms with Crippen LogP contribution in [0, 0.1) is 31.0 Å². The Morgan fingerprint density at radius 2 is 1.96 bits per heavy atom. The van der Waals surface area contributed by atoms with Gasteiger partial charge in [-0.25, -0.2) is 9.37 Å². The summed E-state index contributed by atoms with van der Waals surface area (Å²) in [6, 6.07) is 14.3. The smallest absolute Gasteiger partial charge is 0.136 e. The molecule has 1 N–H and O–H groups in total. The summed E-state index contributed by atoms with van der Waals surface area (Å²) in [5.74, 6) is -0.283. The average molecular weight is 349 g/mol. The highest BCUT2D eigenvalue weighted by molar-refractivity contribution is 7.11. The molecule has 3 rings (SSSR count). The molecule has 3 nitrogen and oxygen atoms in total. The summed E-state index contributed by atoms with van der Waals surface area (Å²) in [4.78, 5) is 4.50. The lowest BCUT2D eigenvalue weighted by Crippen LogP contribution is -1.95. The van der Waals surface area contributed by atoms with Crippen LogP contribution in [0.15, 0.2) is 54.0 Å². The predicted octanol–water partition coefficient (Wildman–Crippen LogP) is 5.54. The van der Waals surface area contributed by atoms with Gasteiger partial charge in [0.2, 0.25) is 0 Å². The Hall–Kier alpha value is -2.97. The van der Waals surface area contributed by atoms with Crippen molar-refractivity contribution >= 4 is 22.6 Å². The van der Waals surface area contributed by atoms with E-state index in [4.69, 9.17) is 0 Å². The number of allylic oxidation sites excluding steroid dienone is 1. The molecule has 0 spiro atoms. The van der Waals surface area contributed by atoms with Crippen molar-refractivity contribution < 1.29 is 4.39 Å². The standard InChI is InChI=1S/C20H16FN3S/c1-13-4-3-5-18(14(13)2)23-11-16(10-22)20-24-19(12-25-20)15-6-8-17(21)9-7-15/h3-9,11-12,23H,1-2H3/b16-11+. The van der Waals surface area contributed by atoms with Gasteiger partial charge in [0, 0.05) is 22.8 Å². The van der Waals surface area contributed by atoms with Crippen LogP contribution < -0.4 is 5.32 Å². The molecule has 0 unspecified atom stereocenters. The van der Waals surface area contributed by atoms with E-state index in [1.165, 1.54) is 29.0 Å². The first kappa shape index (κ1) is 16.9. The van der Waals surface area contributed by atoms with Crippen molar-refractivity contribution in [3.05, 3.63) is 76.0 Å². The largest absolute Gasteiger partial charge is 0.360 e. The third-order valence-electron chi connectivity index (χ3n) is 3.97. The Morgan fingerprint density at radius 1 is 1.20 bits per heavy atom. The molecule has 25 heavy (non-hydrogen) atoms. The van der Waals surface area contributed by atoms with Crippen LogP contribution in [-0.4, -0.2) is 4.98 Å². The molecule has 124 valence electrons. The van der Waals surface area contributed by atoms with Gasteiger partial charge in [-0.3, -0.25) is 0 Å². The molecule has 0 saturated carbocycles. The van der Waals surface area contributed by atoms with Crippen LogP contribution in [0.2, 0.25) is 0 Å². The van der Waals surface area contributed by atoms with Crippen LogP contribution in [0.25, 0.3) is 16.8 Å². The summed E-state index contributed by atoms with van der Waals surface area (Å²) in [5.41, 5.74) is 5.30. The summed E-state index contributed by atoms with van der Waals surface area (Å²) >= 11 is 1.39. The predicted molar refractivity (Wildman–Crippen MR) is 101 cm³/mol. The van der Waals surface area contributed by atoms with Crippen LogP contribution in [0.1, 0.15) is 16.1 Å². The topological polar surface area (TPSA) is 48.7 Å². The minimum atomic E-state index is -0.283. The zero-order valence-corrected chi connectivity index (χ0v) is 14.7. The fourth-order valence-corrected chi connectivity index (χ4v) is 3.14. The van der Waals surface area contributed by atoms with Crippen LogP contribution >= 0.6 is 11.3 Å². The Bertz CT molecular complexity index is 965. The molecule has 0 amide bonds. The summed E-state index contributed by atoms with van der Waals surface area (Å²) < 4.78 is 13.0. The van der Waals surface area contributed by atoms with Crippen molar-refractivity contribution in [2.75, 3.05) is 5.32 Å². The maximum atomic E-state index is 13.0. The number of hydrogen-bond acceptors (Lipinski definition) is 4. The van der Waals surface area contributed by atoms with Gasteiger partial charge >= 0.3 is 0 Å². The molecule has 2 aromatic carbocycles. The lowest BCUT2D eigenvalue weighted by molar-refractivity contribution is 0.628. The minimum Gasteiger partial charge on any atom is -0.360 e. The third kappa shape index (κ3) is 3.76. The Morgan fingerprint density at radius 3 is 2.68 bits per heavy atom. The first-order valence-corrected chi connectivity index (χ1v) is 8.61. The first-order valence-electron chi connectivity index (χ1n) is 7.73. The van der Waals surface area contributed by atoms with Crippen LogP contribution in [0.3, 0.4) is 0 Å². The van der Waals surface area contributed by atoms with Crippen LogP contribution in [0.5, 0.6) is 0 Å². The highest BCUT2D eigenvalue weighted by Crippen LogP contribution is 2.26. The number of nitrogens with one attached hydrogen (secondary N) is 1. The van der Waals surface area contributed by atoms with Crippen molar-refractivity contribution in [2.45, 2.75) is 13.8 Å². The van der Waals surface area contributed by atoms with Crippen LogP contribution in [0.4, 0.5) is 10.1 Å². The number of aromatic nitrogens is 1. The normalized spacial score (nSPS) is 11.2. The molecule has 1 heterocycles. The Kier molecular flexibility index (Phi) is 4.92. The first-order chi connectivity index (χ1) is 12.1. The van der Waals surface area contributed by atoms with Gasteiger partial charge in [0.15, 0.2) is 0 Å². The number of hydrogen-bond donors (Lipinski definition) is 1. The fraction of sp³-hybridized carbons (Fsp3) is 0.100. The number of rotatable bonds is 4. The fourth-order valence-electron chi connectivity index (χ4n) is 2.35. The molecule has 0 aliphatic heterocycles. The van der Waals surface area contributed by atoms with E-state index in [1.807, 2.05) is 37.4 Å².